The minimum absolute atomic E-state index is 0.0316. The van der Waals surface area contributed by atoms with Crippen molar-refractivity contribution in [3.63, 3.8) is 0 Å². The van der Waals surface area contributed by atoms with Crippen LogP contribution in [0, 0.1) is 0 Å². The molecule has 0 aliphatic carbocycles. The second kappa shape index (κ2) is 10.2. The first-order valence-electron chi connectivity index (χ1n) is 11.3. The van der Waals surface area contributed by atoms with Crippen molar-refractivity contribution < 1.29 is 9.59 Å². The lowest BCUT2D eigenvalue weighted by molar-refractivity contribution is -0.116. The topological polar surface area (TPSA) is 80.1 Å². The third-order valence-electron chi connectivity index (χ3n) is 5.97. The van der Waals surface area contributed by atoms with Gasteiger partial charge in [0.1, 0.15) is 0 Å². The molecule has 0 radical (unpaired) electrons. The summed E-state index contributed by atoms with van der Waals surface area (Å²) in [7, 11) is 1.92. The Balaban J connectivity index is 1.43. The van der Waals surface area contributed by atoms with E-state index in [1.807, 2.05) is 23.7 Å². The van der Waals surface area contributed by atoms with Gasteiger partial charge in [0.25, 0.3) is 0 Å². The quantitative estimate of drug-likeness (QED) is 0.389. The van der Waals surface area contributed by atoms with E-state index in [1.165, 1.54) is 17.4 Å². The average Bonchev–Trinajstić information content (AvgIpc) is 3.08. The zero-order valence-corrected chi connectivity index (χ0v) is 20.1. The molecule has 1 aliphatic heterocycles. The molecule has 0 unspecified atom stereocenters. The van der Waals surface area contributed by atoms with Crippen LogP contribution in [0.25, 0.3) is 11.4 Å². The second-order valence-electron chi connectivity index (χ2n) is 8.07. The number of aromatic nitrogens is 3. The zero-order chi connectivity index (χ0) is 23.4. The molecule has 1 N–H and O–H groups in total. The molecule has 4 rings (SSSR count). The summed E-state index contributed by atoms with van der Waals surface area (Å²) < 4.78 is 1.93. The number of Topliss-reactive ketones (excluding diaryl/α,β-unsaturated/α-hetero) is 1. The molecule has 2 aromatic carbocycles. The van der Waals surface area contributed by atoms with Crippen molar-refractivity contribution in [2.75, 3.05) is 29.1 Å². The van der Waals surface area contributed by atoms with Gasteiger partial charge >= 0.3 is 0 Å². The van der Waals surface area contributed by atoms with Crippen molar-refractivity contribution in [3.05, 3.63) is 53.6 Å². The molecule has 0 spiro atoms. The summed E-state index contributed by atoms with van der Waals surface area (Å²) in [4.78, 5) is 26.9. The highest BCUT2D eigenvalue weighted by Crippen LogP contribution is 2.27. The Kier molecular flexibility index (Phi) is 7.13. The summed E-state index contributed by atoms with van der Waals surface area (Å²) in [5.41, 5.74) is 4.67. The van der Waals surface area contributed by atoms with Gasteiger partial charge in [0.05, 0.1) is 5.75 Å². The number of amides is 1. The van der Waals surface area contributed by atoms with Crippen LogP contribution in [0.5, 0.6) is 0 Å². The highest BCUT2D eigenvalue weighted by Gasteiger charge is 2.17. The Morgan fingerprint density at radius 2 is 1.85 bits per heavy atom. The van der Waals surface area contributed by atoms with E-state index >= 15 is 0 Å². The highest BCUT2D eigenvalue weighted by atomic mass is 32.2. The molecule has 2 heterocycles. The number of ketones is 1. The predicted molar refractivity (Wildman–Crippen MR) is 133 cm³/mol. The number of rotatable bonds is 8. The highest BCUT2D eigenvalue weighted by molar-refractivity contribution is 7.99. The first kappa shape index (κ1) is 23.0. The van der Waals surface area contributed by atoms with Crippen LogP contribution >= 0.6 is 11.8 Å². The fourth-order valence-electron chi connectivity index (χ4n) is 4.06. The van der Waals surface area contributed by atoms with Gasteiger partial charge in [-0.3, -0.25) is 9.59 Å². The molecule has 0 saturated carbocycles. The monoisotopic (exact) mass is 463 g/mol. The maximum atomic E-state index is 12.8. The van der Waals surface area contributed by atoms with Gasteiger partial charge in [-0.25, -0.2) is 0 Å². The fraction of sp³-hybridized carbons (Fsp3) is 0.360. The number of aryl methyl sites for hydroxylation is 1. The molecule has 33 heavy (non-hydrogen) atoms. The molecule has 7 nitrogen and oxygen atoms in total. The Morgan fingerprint density at radius 1 is 1.09 bits per heavy atom. The molecular formula is C25H29N5O2S. The molecule has 172 valence electrons. The normalized spacial score (nSPS) is 13.2. The van der Waals surface area contributed by atoms with Crippen molar-refractivity contribution >= 4 is 34.8 Å². The van der Waals surface area contributed by atoms with E-state index in [0.29, 0.717) is 17.1 Å². The van der Waals surface area contributed by atoms with E-state index < -0.39 is 0 Å². The van der Waals surface area contributed by atoms with Crippen LogP contribution in [0.4, 0.5) is 11.4 Å². The lowest BCUT2D eigenvalue weighted by atomic mass is 10.0. The molecule has 0 fully saturated rings. The smallest absolute Gasteiger partial charge is 0.224 e. The summed E-state index contributed by atoms with van der Waals surface area (Å²) in [5.74, 6) is 1.12. The third kappa shape index (κ3) is 5.11. The Labute approximate surface area is 198 Å². The first-order chi connectivity index (χ1) is 16.0. The van der Waals surface area contributed by atoms with Crippen LogP contribution in [0.2, 0.25) is 0 Å². The maximum absolute atomic E-state index is 12.8. The number of nitrogens with zero attached hydrogens (tertiary/aromatic N) is 4. The van der Waals surface area contributed by atoms with Crippen molar-refractivity contribution in [2.24, 2.45) is 7.05 Å². The number of carbonyl (C=O) groups excluding carboxylic acids is 2. The Hall–Kier alpha value is -3.13. The van der Waals surface area contributed by atoms with E-state index in [4.69, 9.17) is 0 Å². The van der Waals surface area contributed by atoms with Gasteiger partial charge in [-0.05, 0) is 74.7 Å². The summed E-state index contributed by atoms with van der Waals surface area (Å²) in [6, 6.07) is 13.9. The van der Waals surface area contributed by atoms with E-state index in [1.54, 1.807) is 6.07 Å². The van der Waals surface area contributed by atoms with Crippen molar-refractivity contribution in [2.45, 2.75) is 38.3 Å². The molecular weight excluding hydrogens is 434 g/mol. The molecule has 1 aliphatic rings. The lowest BCUT2D eigenvalue weighted by Crippen LogP contribution is -2.21. The molecule has 8 heteroatoms. The van der Waals surface area contributed by atoms with Crippen LogP contribution in [0.15, 0.2) is 47.6 Å². The standard InChI is InChI=1S/C25H29N5O2S/c1-4-30(5-2)20-12-9-17(10-13-20)24-27-28-25(29(24)3)33-16-22(31)19-11-14-21-18(15-19)7-6-8-23(32)26-21/h9-15H,4-8,16H2,1-3H3,(H,26,32). The van der Waals surface area contributed by atoms with Crippen LogP contribution in [-0.2, 0) is 18.3 Å². The van der Waals surface area contributed by atoms with E-state index in [9.17, 15) is 9.59 Å². The number of nitrogens with one attached hydrogen (secondary N) is 1. The molecule has 1 amide bonds. The van der Waals surface area contributed by atoms with Crippen molar-refractivity contribution in [1.82, 2.24) is 14.8 Å². The van der Waals surface area contributed by atoms with Gasteiger partial charge in [-0.15, -0.1) is 10.2 Å². The van der Waals surface area contributed by atoms with Gasteiger partial charge in [0.15, 0.2) is 16.8 Å². The van der Waals surface area contributed by atoms with Crippen molar-refractivity contribution in [1.29, 1.82) is 0 Å². The largest absolute Gasteiger partial charge is 0.372 e. The number of fused-ring (bicyclic) bond motifs is 1. The minimum Gasteiger partial charge on any atom is -0.372 e. The Bertz CT molecular complexity index is 1150. The third-order valence-corrected chi connectivity index (χ3v) is 6.99. The SMILES string of the molecule is CCN(CC)c1ccc(-c2nnc(SCC(=O)c3ccc4c(c3)CCCC(=O)N4)n2C)cc1. The summed E-state index contributed by atoms with van der Waals surface area (Å²) in [6.45, 7) is 6.23. The van der Waals surface area contributed by atoms with Crippen LogP contribution < -0.4 is 10.2 Å². The van der Waals surface area contributed by atoms with Crippen molar-refractivity contribution in [3.8, 4) is 11.4 Å². The number of carbonyl (C=O) groups is 2. The molecule has 0 atom stereocenters. The van der Waals surface area contributed by atoms with Gasteiger partial charge in [-0.1, -0.05) is 11.8 Å². The second-order valence-corrected chi connectivity index (χ2v) is 9.01. The predicted octanol–water partition coefficient (Wildman–Crippen LogP) is 4.58. The zero-order valence-electron chi connectivity index (χ0n) is 19.3. The number of hydrogen-bond acceptors (Lipinski definition) is 6. The van der Waals surface area contributed by atoms with Gasteiger partial charge < -0.3 is 14.8 Å². The molecule has 1 aromatic heterocycles. The maximum Gasteiger partial charge on any atom is 0.224 e. The number of hydrogen-bond donors (Lipinski definition) is 1. The summed E-state index contributed by atoms with van der Waals surface area (Å²) >= 11 is 1.38. The van der Waals surface area contributed by atoms with E-state index in [2.05, 4.69) is 58.5 Å². The first-order valence-corrected chi connectivity index (χ1v) is 12.3. The van der Waals surface area contributed by atoms with Crippen LogP contribution in [0.1, 0.15) is 42.6 Å². The van der Waals surface area contributed by atoms with Gasteiger partial charge in [0.2, 0.25) is 5.91 Å². The van der Waals surface area contributed by atoms with Crippen LogP contribution in [0.3, 0.4) is 0 Å². The summed E-state index contributed by atoms with van der Waals surface area (Å²) in [6.07, 6.45) is 2.10. The average molecular weight is 464 g/mol. The van der Waals surface area contributed by atoms with E-state index in [0.717, 1.165) is 48.6 Å². The van der Waals surface area contributed by atoms with Gasteiger partial charge in [-0.2, -0.15) is 0 Å². The van der Waals surface area contributed by atoms with E-state index in [-0.39, 0.29) is 17.4 Å². The number of thioether (sulfide) groups is 1. The lowest BCUT2D eigenvalue weighted by Gasteiger charge is -2.21. The molecule has 0 saturated heterocycles. The summed E-state index contributed by atoms with van der Waals surface area (Å²) in [5, 5.41) is 12.3. The molecule has 0 bridgehead atoms. The minimum atomic E-state index is 0.0316. The number of anilines is 2. The van der Waals surface area contributed by atoms with Crippen LogP contribution in [-0.4, -0.2) is 45.3 Å². The Morgan fingerprint density at radius 3 is 2.58 bits per heavy atom. The number of benzene rings is 2. The fourth-order valence-corrected chi connectivity index (χ4v) is 4.87. The van der Waals surface area contributed by atoms with Gasteiger partial charge in [0, 0.05) is 49.1 Å². The molecule has 3 aromatic rings.